The van der Waals surface area contributed by atoms with Gasteiger partial charge in [0, 0.05) is 15.6 Å². The van der Waals surface area contributed by atoms with Gasteiger partial charge in [0.2, 0.25) is 5.91 Å². The van der Waals surface area contributed by atoms with E-state index in [2.05, 4.69) is 21.2 Å². The summed E-state index contributed by atoms with van der Waals surface area (Å²) < 4.78 is 0.975. The van der Waals surface area contributed by atoms with E-state index in [1.165, 1.54) is 0 Å². The van der Waals surface area contributed by atoms with Gasteiger partial charge in [-0.05, 0) is 62.3 Å². The first kappa shape index (κ1) is 15.5. The van der Waals surface area contributed by atoms with Gasteiger partial charge in [0.05, 0.1) is 5.92 Å². The number of fused-ring (bicyclic) bond motifs is 2. The number of aliphatic carboxylic acids is 1. The molecule has 0 heterocycles. The Morgan fingerprint density at radius 1 is 1.18 bits per heavy atom. The molecule has 2 bridgehead atoms. The monoisotopic (exact) mass is 365 g/mol. The molecule has 5 heteroatoms. The van der Waals surface area contributed by atoms with Crippen molar-refractivity contribution < 1.29 is 14.7 Å². The number of hydrogen-bond donors (Lipinski definition) is 2. The van der Waals surface area contributed by atoms with Crippen LogP contribution in [-0.2, 0) is 9.59 Å². The van der Waals surface area contributed by atoms with Crippen molar-refractivity contribution in [1.29, 1.82) is 0 Å². The average Bonchev–Trinajstić information content (AvgIpc) is 2.49. The summed E-state index contributed by atoms with van der Waals surface area (Å²) in [5, 5.41) is 12.4. The van der Waals surface area contributed by atoms with Crippen LogP contribution in [0.5, 0.6) is 0 Å². The molecular weight excluding hydrogens is 346 g/mol. The Bertz CT molecular complexity index is 586. The van der Waals surface area contributed by atoms with Crippen molar-refractivity contribution in [2.75, 3.05) is 5.32 Å². The molecular formula is C17H20BrNO3. The second-order valence-electron chi connectivity index (χ2n) is 6.58. The van der Waals surface area contributed by atoms with Crippen molar-refractivity contribution in [1.82, 2.24) is 0 Å². The summed E-state index contributed by atoms with van der Waals surface area (Å²) in [6.45, 7) is 0. The smallest absolute Gasteiger partial charge is 0.306 e. The second kappa shape index (κ2) is 6.03. The lowest BCUT2D eigenvalue weighted by Crippen LogP contribution is -2.47. The molecule has 4 nitrogen and oxygen atoms in total. The maximum absolute atomic E-state index is 12.8. The van der Waals surface area contributed by atoms with Gasteiger partial charge in [0.15, 0.2) is 0 Å². The molecule has 2 aliphatic rings. The van der Waals surface area contributed by atoms with Gasteiger partial charge in [0.1, 0.15) is 0 Å². The predicted molar refractivity (Wildman–Crippen MR) is 87.5 cm³/mol. The van der Waals surface area contributed by atoms with Gasteiger partial charge < -0.3 is 10.4 Å². The first-order valence-electron chi connectivity index (χ1n) is 7.80. The highest BCUT2D eigenvalue weighted by Crippen LogP contribution is 2.51. The summed E-state index contributed by atoms with van der Waals surface area (Å²) >= 11 is 3.38. The van der Waals surface area contributed by atoms with Crippen molar-refractivity contribution in [3.63, 3.8) is 0 Å². The molecule has 2 fully saturated rings. The van der Waals surface area contributed by atoms with Gasteiger partial charge in [-0.15, -0.1) is 0 Å². The van der Waals surface area contributed by atoms with E-state index in [-0.39, 0.29) is 23.2 Å². The van der Waals surface area contributed by atoms with E-state index in [1.54, 1.807) is 0 Å². The third kappa shape index (κ3) is 2.91. The summed E-state index contributed by atoms with van der Waals surface area (Å²) in [6, 6.07) is 7.56. The largest absolute Gasteiger partial charge is 0.481 e. The summed E-state index contributed by atoms with van der Waals surface area (Å²) in [6.07, 6.45) is 4.77. The van der Waals surface area contributed by atoms with Crippen LogP contribution in [0.15, 0.2) is 28.7 Å². The zero-order valence-electron chi connectivity index (χ0n) is 12.3. The Kier molecular flexibility index (Phi) is 4.26. The summed E-state index contributed by atoms with van der Waals surface area (Å²) in [5.41, 5.74) is 0.423. The molecule has 22 heavy (non-hydrogen) atoms. The zero-order chi connectivity index (χ0) is 15.7. The van der Waals surface area contributed by atoms with Crippen LogP contribution in [0, 0.1) is 17.3 Å². The van der Waals surface area contributed by atoms with E-state index in [0.717, 1.165) is 29.4 Å². The maximum Gasteiger partial charge on any atom is 0.306 e. The average molecular weight is 366 g/mol. The summed E-state index contributed by atoms with van der Waals surface area (Å²) in [4.78, 5) is 24.1. The van der Waals surface area contributed by atoms with Gasteiger partial charge in [-0.25, -0.2) is 0 Å². The van der Waals surface area contributed by atoms with Crippen molar-refractivity contribution >= 4 is 33.5 Å². The van der Waals surface area contributed by atoms with E-state index in [0.29, 0.717) is 19.3 Å². The molecule has 0 aliphatic heterocycles. The Labute approximate surface area is 138 Å². The molecule has 1 aromatic carbocycles. The third-order valence-electron chi connectivity index (χ3n) is 5.29. The molecule has 1 amide bonds. The van der Waals surface area contributed by atoms with E-state index in [1.807, 2.05) is 24.3 Å². The van der Waals surface area contributed by atoms with Crippen LogP contribution < -0.4 is 5.32 Å². The Morgan fingerprint density at radius 3 is 2.59 bits per heavy atom. The van der Waals surface area contributed by atoms with E-state index < -0.39 is 5.97 Å². The quantitative estimate of drug-likeness (QED) is 0.848. The molecule has 0 spiro atoms. The lowest BCUT2D eigenvalue weighted by atomic mass is 9.58. The second-order valence-corrected chi connectivity index (χ2v) is 7.50. The van der Waals surface area contributed by atoms with E-state index in [9.17, 15) is 14.7 Å². The molecule has 2 aliphatic carbocycles. The number of hydrogen-bond acceptors (Lipinski definition) is 2. The minimum atomic E-state index is -0.700. The number of anilines is 1. The molecule has 0 radical (unpaired) electrons. The van der Waals surface area contributed by atoms with Crippen LogP contribution in [-0.4, -0.2) is 17.0 Å². The van der Waals surface area contributed by atoms with Crippen LogP contribution in [0.4, 0.5) is 5.69 Å². The van der Waals surface area contributed by atoms with Crippen molar-refractivity contribution in [3.05, 3.63) is 28.7 Å². The Morgan fingerprint density at radius 2 is 1.91 bits per heavy atom. The van der Waals surface area contributed by atoms with Crippen LogP contribution >= 0.6 is 15.9 Å². The van der Waals surface area contributed by atoms with Crippen LogP contribution in [0.25, 0.3) is 0 Å². The van der Waals surface area contributed by atoms with Crippen molar-refractivity contribution in [2.24, 2.45) is 17.3 Å². The molecule has 3 atom stereocenters. The summed E-state index contributed by atoms with van der Waals surface area (Å²) in [5.74, 6) is -0.762. The van der Waals surface area contributed by atoms with Crippen molar-refractivity contribution in [2.45, 2.75) is 38.5 Å². The van der Waals surface area contributed by atoms with Crippen molar-refractivity contribution in [3.8, 4) is 0 Å². The molecule has 3 unspecified atom stereocenters. The van der Waals surface area contributed by atoms with Gasteiger partial charge >= 0.3 is 5.97 Å². The van der Waals surface area contributed by atoms with Crippen LogP contribution in [0.1, 0.15) is 38.5 Å². The lowest BCUT2D eigenvalue weighted by molar-refractivity contribution is -0.150. The first-order valence-corrected chi connectivity index (χ1v) is 8.59. The molecule has 0 saturated heterocycles. The van der Waals surface area contributed by atoms with Crippen LogP contribution in [0.3, 0.4) is 0 Å². The molecule has 1 aromatic rings. The number of carboxylic acid groups (broad SMARTS) is 1. The topological polar surface area (TPSA) is 66.4 Å². The molecule has 0 aromatic heterocycles. The number of rotatable bonds is 3. The normalized spacial score (nSPS) is 30.6. The highest BCUT2D eigenvalue weighted by atomic mass is 79.9. The fraction of sp³-hybridized carbons (Fsp3) is 0.529. The predicted octanol–water partition coefficient (Wildman–Crippen LogP) is 4.06. The summed E-state index contributed by atoms with van der Waals surface area (Å²) in [7, 11) is 0. The fourth-order valence-electron chi connectivity index (χ4n) is 4.09. The van der Waals surface area contributed by atoms with Gasteiger partial charge in [-0.3, -0.25) is 9.59 Å². The number of nitrogens with one attached hydrogen (secondary N) is 1. The number of benzene rings is 1. The Hall–Kier alpha value is -1.36. The number of carbonyl (C=O) groups is 2. The Balaban J connectivity index is 1.74. The molecule has 2 saturated carbocycles. The zero-order valence-corrected chi connectivity index (χ0v) is 13.9. The van der Waals surface area contributed by atoms with Gasteiger partial charge in [0.25, 0.3) is 0 Å². The minimum absolute atomic E-state index is 0.0587. The standard InChI is InChI=1S/C17H20BrNO3/c18-12-3-5-13(6-4-12)19-16(22)17-8-1-2-11(10-17)14(7-9-17)15(20)21/h3-6,11,14H,1-2,7-10H2,(H,19,22)(H,20,21). The van der Waals surface area contributed by atoms with Gasteiger partial charge in [-0.1, -0.05) is 22.4 Å². The number of amides is 1. The van der Waals surface area contributed by atoms with Gasteiger partial charge in [-0.2, -0.15) is 0 Å². The lowest BCUT2D eigenvalue weighted by Gasteiger charge is -2.46. The maximum atomic E-state index is 12.8. The highest BCUT2D eigenvalue weighted by molar-refractivity contribution is 9.10. The SMILES string of the molecule is O=C(O)C1CCC2(C(=O)Nc3ccc(Br)cc3)CCCC1C2. The first-order chi connectivity index (χ1) is 10.5. The highest BCUT2D eigenvalue weighted by Gasteiger charge is 2.49. The number of carbonyl (C=O) groups excluding carboxylic acids is 1. The van der Waals surface area contributed by atoms with E-state index >= 15 is 0 Å². The fourth-order valence-corrected chi connectivity index (χ4v) is 4.35. The molecule has 118 valence electrons. The molecule has 2 N–H and O–H groups in total. The van der Waals surface area contributed by atoms with Crippen LogP contribution in [0.2, 0.25) is 0 Å². The molecule has 3 rings (SSSR count). The third-order valence-corrected chi connectivity index (χ3v) is 5.82. The number of halogens is 1. The number of carboxylic acids is 1. The minimum Gasteiger partial charge on any atom is -0.481 e. The van der Waals surface area contributed by atoms with E-state index in [4.69, 9.17) is 0 Å².